The van der Waals surface area contributed by atoms with Crippen LogP contribution in [0.5, 0.6) is 5.75 Å². The van der Waals surface area contributed by atoms with Gasteiger partial charge in [-0.05, 0) is 72.3 Å². The number of carbonyl (C=O) groups excluding carboxylic acids is 3. The highest BCUT2D eigenvalue weighted by molar-refractivity contribution is 8.00. The van der Waals surface area contributed by atoms with Crippen molar-refractivity contribution in [1.29, 1.82) is 0 Å². The SMILES string of the molecule is COc1cccc(/C=C(\NC(=O)c2ccccc2)C(=O)Nc2ccc(SCC(=O)Nc3ccc(Cl)cn3)cc2)c1. The first-order valence-electron chi connectivity index (χ1n) is 12.1. The van der Waals surface area contributed by atoms with Crippen LogP contribution in [0.3, 0.4) is 0 Å². The first-order chi connectivity index (χ1) is 19.4. The molecule has 0 saturated carbocycles. The molecule has 0 aliphatic rings. The van der Waals surface area contributed by atoms with Gasteiger partial charge in [-0.3, -0.25) is 14.4 Å². The zero-order valence-corrected chi connectivity index (χ0v) is 23.0. The second kappa shape index (κ2) is 14.0. The molecule has 10 heteroatoms. The molecule has 4 aromatic rings. The average Bonchev–Trinajstić information content (AvgIpc) is 2.98. The summed E-state index contributed by atoms with van der Waals surface area (Å²) >= 11 is 7.15. The number of pyridine rings is 1. The second-order valence-corrected chi connectivity index (χ2v) is 9.82. The summed E-state index contributed by atoms with van der Waals surface area (Å²) in [6, 6.07) is 26.1. The van der Waals surface area contributed by atoms with Gasteiger partial charge >= 0.3 is 0 Å². The van der Waals surface area contributed by atoms with Crippen LogP contribution in [0.4, 0.5) is 11.5 Å². The van der Waals surface area contributed by atoms with Crippen LogP contribution in [0, 0.1) is 0 Å². The molecule has 1 aromatic heterocycles. The summed E-state index contributed by atoms with van der Waals surface area (Å²) in [7, 11) is 1.55. The normalized spacial score (nSPS) is 10.9. The fourth-order valence-corrected chi connectivity index (χ4v) is 4.26. The molecule has 3 N–H and O–H groups in total. The number of hydrogen-bond acceptors (Lipinski definition) is 6. The summed E-state index contributed by atoms with van der Waals surface area (Å²) in [6.07, 6.45) is 3.04. The van der Waals surface area contributed by atoms with Gasteiger partial charge in [0.2, 0.25) is 5.91 Å². The maximum Gasteiger partial charge on any atom is 0.272 e. The quantitative estimate of drug-likeness (QED) is 0.162. The minimum absolute atomic E-state index is 0.0630. The first-order valence-corrected chi connectivity index (χ1v) is 13.4. The molecule has 0 spiro atoms. The van der Waals surface area contributed by atoms with Crippen LogP contribution in [0.25, 0.3) is 6.08 Å². The van der Waals surface area contributed by atoms with Gasteiger partial charge in [-0.2, -0.15) is 0 Å². The van der Waals surface area contributed by atoms with Crippen LogP contribution in [0.2, 0.25) is 5.02 Å². The summed E-state index contributed by atoms with van der Waals surface area (Å²) in [5.74, 6) is 0.0960. The Kier molecular flexibility index (Phi) is 9.93. The van der Waals surface area contributed by atoms with Crippen LogP contribution < -0.4 is 20.7 Å². The fourth-order valence-electron chi connectivity index (χ4n) is 3.45. The lowest BCUT2D eigenvalue weighted by Gasteiger charge is -2.12. The molecule has 0 radical (unpaired) electrons. The Morgan fingerprint density at radius 3 is 2.40 bits per heavy atom. The van der Waals surface area contributed by atoms with Crippen molar-refractivity contribution in [3.8, 4) is 5.75 Å². The van der Waals surface area contributed by atoms with E-state index >= 15 is 0 Å². The van der Waals surface area contributed by atoms with Crippen molar-refractivity contribution < 1.29 is 19.1 Å². The minimum Gasteiger partial charge on any atom is -0.497 e. The van der Waals surface area contributed by atoms with Gasteiger partial charge in [-0.15, -0.1) is 11.8 Å². The number of ether oxygens (including phenoxy) is 1. The van der Waals surface area contributed by atoms with E-state index in [0.717, 1.165) is 4.90 Å². The van der Waals surface area contributed by atoms with Gasteiger partial charge in [-0.25, -0.2) is 4.98 Å². The summed E-state index contributed by atoms with van der Waals surface area (Å²) in [5, 5.41) is 8.73. The number of amides is 3. The number of methoxy groups -OCH3 is 1. The maximum absolute atomic E-state index is 13.2. The summed E-state index contributed by atoms with van der Waals surface area (Å²) < 4.78 is 5.27. The number of benzene rings is 3. The van der Waals surface area contributed by atoms with Gasteiger partial charge < -0.3 is 20.7 Å². The molecule has 0 bridgehead atoms. The van der Waals surface area contributed by atoms with E-state index in [-0.39, 0.29) is 17.4 Å². The van der Waals surface area contributed by atoms with Gasteiger partial charge in [0.05, 0.1) is 17.9 Å². The molecule has 3 aromatic carbocycles. The van der Waals surface area contributed by atoms with E-state index in [1.807, 2.05) is 6.07 Å². The van der Waals surface area contributed by atoms with Gasteiger partial charge in [0, 0.05) is 22.3 Å². The highest BCUT2D eigenvalue weighted by Gasteiger charge is 2.15. The molecular weight excluding hydrogens is 548 g/mol. The highest BCUT2D eigenvalue weighted by atomic mass is 35.5. The molecule has 0 unspecified atom stereocenters. The maximum atomic E-state index is 13.2. The van der Waals surface area contributed by atoms with Crippen LogP contribution in [-0.2, 0) is 9.59 Å². The molecular formula is C30H25ClN4O4S. The topological polar surface area (TPSA) is 109 Å². The lowest BCUT2D eigenvalue weighted by molar-refractivity contribution is -0.114. The first kappa shape index (κ1) is 28.4. The van der Waals surface area contributed by atoms with E-state index in [1.54, 1.807) is 98.1 Å². The van der Waals surface area contributed by atoms with Gasteiger partial charge in [0.25, 0.3) is 11.8 Å². The van der Waals surface area contributed by atoms with Crippen molar-refractivity contribution in [1.82, 2.24) is 10.3 Å². The number of carbonyl (C=O) groups is 3. The molecule has 202 valence electrons. The zero-order chi connectivity index (χ0) is 28.3. The molecule has 0 atom stereocenters. The predicted molar refractivity (Wildman–Crippen MR) is 159 cm³/mol. The molecule has 0 saturated heterocycles. The Labute approximate surface area is 240 Å². The molecule has 8 nitrogen and oxygen atoms in total. The molecule has 1 heterocycles. The molecule has 4 rings (SSSR count). The monoisotopic (exact) mass is 572 g/mol. The standard InChI is InChI=1S/C30H25ClN4O4S/c1-39-24-9-5-6-20(16-24)17-26(34-29(37)21-7-3-2-4-8-21)30(38)33-23-11-13-25(14-12-23)40-19-28(36)35-27-15-10-22(31)18-32-27/h2-18H,19H2,1H3,(H,33,38)(H,34,37)(H,32,35,36)/b26-17-. The highest BCUT2D eigenvalue weighted by Crippen LogP contribution is 2.22. The van der Waals surface area contributed by atoms with Crippen molar-refractivity contribution in [3.05, 3.63) is 119 Å². The van der Waals surface area contributed by atoms with Gasteiger partial charge in [0.1, 0.15) is 17.3 Å². The number of thioether (sulfide) groups is 1. The van der Waals surface area contributed by atoms with Crippen molar-refractivity contribution >= 4 is 58.7 Å². The second-order valence-electron chi connectivity index (χ2n) is 8.33. The molecule has 40 heavy (non-hydrogen) atoms. The molecule has 0 aliphatic carbocycles. The van der Waals surface area contributed by atoms with E-state index in [4.69, 9.17) is 16.3 Å². The molecule has 3 amide bonds. The zero-order valence-electron chi connectivity index (χ0n) is 21.4. The van der Waals surface area contributed by atoms with Crippen molar-refractivity contribution in [2.24, 2.45) is 0 Å². The van der Waals surface area contributed by atoms with Crippen LogP contribution in [0.1, 0.15) is 15.9 Å². The lowest BCUT2D eigenvalue weighted by Crippen LogP contribution is -2.30. The largest absolute Gasteiger partial charge is 0.497 e. The fraction of sp³-hybridized carbons (Fsp3) is 0.0667. The van der Waals surface area contributed by atoms with E-state index in [9.17, 15) is 14.4 Å². The van der Waals surface area contributed by atoms with Crippen LogP contribution >= 0.6 is 23.4 Å². The van der Waals surface area contributed by atoms with E-state index in [1.165, 1.54) is 18.0 Å². The Morgan fingerprint density at radius 1 is 0.925 bits per heavy atom. The van der Waals surface area contributed by atoms with E-state index in [0.29, 0.717) is 33.4 Å². The van der Waals surface area contributed by atoms with Crippen molar-refractivity contribution in [3.63, 3.8) is 0 Å². The molecule has 0 fully saturated rings. The van der Waals surface area contributed by atoms with Crippen LogP contribution in [-0.4, -0.2) is 35.6 Å². The predicted octanol–water partition coefficient (Wildman–Crippen LogP) is 5.88. The average molecular weight is 573 g/mol. The minimum atomic E-state index is -0.498. The Balaban J connectivity index is 1.41. The van der Waals surface area contributed by atoms with Crippen molar-refractivity contribution in [2.75, 3.05) is 23.5 Å². The third-order valence-corrected chi connectivity index (χ3v) is 6.65. The van der Waals surface area contributed by atoms with E-state index < -0.39 is 11.8 Å². The number of nitrogens with one attached hydrogen (secondary N) is 3. The lowest BCUT2D eigenvalue weighted by atomic mass is 10.1. The Morgan fingerprint density at radius 2 is 1.70 bits per heavy atom. The number of rotatable bonds is 10. The molecule has 0 aliphatic heterocycles. The third-order valence-electron chi connectivity index (χ3n) is 5.41. The number of aromatic nitrogens is 1. The van der Waals surface area contributed by atoms with Crippen molar-refractivity contribution in [2.45, 2.75) is 4.90 Å². The number of halogens is 1. The summed E-state index contributed by atoms with van der Waals surface area (Å²) in [5.41, 5.74) is 1.68. The number of nitrogens with zero attached hydrogens (tertiary/aromatic N) is 1. The Hall–Kier alpha value is -4.60. The van der Waals surface area contributed by atoms with Gasteiger partial charge in [0.15, 0.2) is 0 Å². The third kappa shape index (κ3) is 8.45. The summed E-state index contributed by atoms with van der Waals surface area (Å²) in [4.78, 5) is 43.2. The van der Waals surface area contributed by atoms with Gasteiger partial charge in [-0.1, -0.05) is 41.9 Å². The Bertz CT molecular complexity index is 1510. The van der Waals surface area contributed by atoms with Crippen LogP contribution in [0.15, 0.2) is 108 Å². The van der Waals surface area contributed by atoms with E-state index in [2.05, 4.69) is 20.9 Å². The number of hydrogen-bond donors (Lipinski definition) is 3. The number of anilines is 2. The smallest absolute Gasteiger partial charge is 0.272 e. The summed E-state index contributed by atoms with van der Waals surface area (Å²) in [6.45, 7) is 0.